The van der Waals surface area contributed by atoms with Crippen LogP contribution >= 0.6 is 11.8 Å². The van der Waals surface area contributed by atoms with E-state index in [0.717, 1.165) is 12.1 Å². The van der Waals surface area contributed by atoms with Gasteiger partial charge in [0.05, 0.1) is 24.9 Å². The number of hydrogen-bond donors (Lipinski definition) is 0. The maximum Gasteiger partial charge on any atom is 0.416 e. The van der Waals surface area contributed by atoms with E-state index in [2.05, 4.69) is 0 Å². The fourth-order valence-corrected chi connectivity index (χ4v) is 5.49. The van der Waals surface area contributed by atoms with Gasteiger partial charge in [0.1, 0.15) is 5.75 Å². The Bertz CT molecular complexity index is 1010. The second kappa shape index (κ2) is 7.23. The minimum absolute atomic E-state index is 0.102. The molecule has 0 radical (unpaired) electrons. The van der Waals surface area contributed by atoms with Crippen LogP contribution in [0.15, 0.2) is 42.5 Å². The molecule has 0 N–H and O–H groups in total. The van der Waals surface area contributed by atoms with E-state index in [1.165, 1.54) is 42.8 Å². The molecule has 0 unspecified atom stereocenters. The van der Waals surface area contributed by atoms with Crippen molar-refractivity contribution >= 4 is 29.3 Å². The van der Waals surface area contributed by atoms with Crippen LogP contribution in [0.2, 0.25) is 0 Å². The molecule has 9 heteroatoms. The number of alkyl halides is 3. The summed E-state index contributed by atoms with van der Waals surface area (Å²) >= 11 is 1.39. The van der Waals surface area contributed by atoms with Gasteiger partial charge in [-0.15, -0.1) is 11.8 Å². The van der Waals surface area contributed by atoms with Crippen molar-refractivity contribution in [2.24, 2.45) is 0 Å². The minimum atomic E-state index is -4.42. The van der Waals surface area contributed by atoms with E-state index in [4.69, 9.17) is 4.74 Å². The van der Waals surface area contributed by atoms with Crippen LogP contribution in [0.5, 0.6) is 5.75 Å². The Labute approximate surface area is 175 Å². The third kappa shape index (κ3) is 3.12. The monoisotopic (exact) mass is 436 g/mol. The highest BCUT2D eigenvalue weighted by Crippen LogP contribution is 2.55. The summed E-state index contributed by atoms with van der Waals surface area (Å²) < 4.78 is 43.9. The molecule has 2 aliphatic rings. The summed E-state index contributed by atoms with van der Waals surface area (Å²) in [4.78, 5) is 27.9. The standard InChI is InChI=1S/C21H19F3N2O3S/c1-13(27)26-9-10-30-20(26)17-11-16(29-2)7-8-18(17)25(19(20)28)12-14-3-5-15(6-4-14)21(22,23)24/h3-8,11H,9-10,12H2,1-2H3/t20-/m0/s1. The van der Waals surface area contributed by atoms with Crippen molar-refractivity contribution in [2.45, 2.75) is 24.5 Å². The number of carbonyl (C=O) groups excluding carboxylic acids is 2. The largest absolute Gasteiger partial charge is 0.497 e. The molecule has 0 bridgehead atoms. The summed E-state index contributed by atoms with van der Waals surface area (Å²) in [6, 6.07) is 9.99. The zero-order valence-corrected chi connectivity index (χ0v) is 17.1. The summed E-state index contributed by atoms with van der Waals surface area (Å²) in [5.74, 6) is 0.686. The molecule has 0 saturated carbocycles. The number of anilines is 1. The van der Waals surface area contributed by atoms with Gasteiger partial charge in [0, 0.05) is 24.8 Å². The van der Waals surface area contributed by atoms with Crippen LogP contribution < -0.4 is 9.64 Å². The molecular formula is C21H19F3N2O3S. The topological polar surface area (TPSA) is 49.9 Å². The van der Waals surface area contributed by atoms with E-state index >= 15 is 0 Å². The molecule has 2 aromatic rings. The van der Waals surface area contributed by atoms with E-state index in [1.54, 1.807) is 23.1 Å². The van der Waals surface area contributed by atoms with Gasteiger partial charge in [-0.1, -0.05) is 12.1 Å². The van der Waals surface area contributed by atoms with Gasteiger partial charge in [0.15, 0.2) is 4.87 Å². The van der Waals surface area contributed by atoms with E-state index in [-0.39, 0.29) is 18.4 Å². The summed E-state index contributed by atoms with van der Waals surface area (Å²) in [6.07, 6.45) is -4.42. The molecule has 1 atom stereocenters. The summed E-state index contributed by atoms with van der Waals surface area (Å²) in [6.45, 7) is 1.97. The van der Waals surface area contributed by atoms with Gasteiger partial charge in [-0.25, -0.2) is 0 Å². The number of ether oxygens (including phenoxy) is 1. The van der Waals surface area contributed by atoms with Gasteiger partial charge in [-0.05, 0) is 35.9 Å². The van der Waals surface area contributed by atoms with Gasteiger partial charge in [-0.2, -0.15) is 13.2 Å². The third-order valence-corrected chi connectivity index (χ3v) is 6.82. The van der Waals surface area contributed by atoms with Crippen LogP contribution in [-0.2, 0) is 27.2 Å². The number of methoxy groups -OCH3 is 1. The Balaban J connectivity index is 1.75. The Morgan fingerprint density at radius 3 is 2.50 bits per heavy atom. The summed E-state index contributed by atoms with van der Waals surface area (Å²) in [7, 11) is 1.52. The maximum absolute atomic E-state index is 13.6. The van der Waals surface area contributed by atoms with Crippen LogP contribution in [0.3, 0.4) is 0 Å². The number of fused-ring (bicyclic) bond motifs is 2. The number of amides is 2. The molecule has 4 rings (SSSR count). The van der Waals surface area contributed by atoms with Crippen LogP contribution in [0, 0.1) is 0 Å². The molecule has 2 amide bonds. The first kappa shape index (κ1) is 20.6. The molecule has 5 nitrogen and oxygen atoms in total. The van der Waals surface area contributed by atoms with Gasteiger partial charge < -0.3 is 14.5 Å². The molecule has 1 spiro atoms. The SMILES string of the molecule is COc1ccc2c(c1)[C@]1(SCCN1C(C)=O)C(=O)N2Cc1ccc(C(F)(F)F)cc1. The first-order chi connectivity index (χ1) is 14.2. The number of thioether (sulfide) groups is 1. The molecule has 1 fully saturated rings. The number of benzene rings is 2. The van der Waals surface area contributed by atoms with Gasteiger partial charge in [0.2, 0.25) is 5.91 Å². The van der Waals surface area contributed by atoms with Crippen LogP contribution in [-0.4, -0.2) is 36.1 Å². The Hall–Kier alpha value is -2.68. The van der Waals surface area contributed by atoms with E-state index in [0.29, 0.717) is 34.9 Å². The lowest BCUT2D eigenvalue weighted by Gasteiger charge is -2.32. The van der Waals surface area contributed by atoms with Crippen LogP contribution in [0.25, 0.3) is 0 Å². The Morgan fingerprint density at radius 1 is 1.20 bits per heavy atom. The highest BCUT2D eigenvalue weighted by atomic mass is 32.2. The number of rotatable bonds is 3. The summed E-state index contributed by atoms with van der Waals surface area (Å²) in [5.41, 5.74) is 1.11. The Morgan fingerprint density at radius 2 is 1.90 bits per heavy atom. The second-order valence-electron chi connectivity index (χ2n) is 7.13. The Kier molecular flexibility index (Phi) is 4.96. The highest BCUT2D eigenvalue weighted by molar-refractivity contribution is 8.01. The van der Waals surface area contributed by atoms with Crippen LogP contribution in [0.4, 0.5) is 18.9 Å². The average molecular weight is 436 g/mol. The molecule has 2 heterocycles. The van der Waals surface area contributed by atoms with Crippen molar-refractivity contribution in [3.63, 3.8) is 0 Å². The highest BCUT2D eigenvalue weighted by Gasteiger charge is 2.59. The number of halogens is 3. The third-order valence-electron chi connectivity index (χ3n) is 5.40. The van der Waals surface area contributed by atoms with Crippen molar-refractivity contribution in [3.8, 4) is 5.75 Å². The fraction of sp³-hybridized carbons (Fsp3) is 0.333. The molecule has 0 aliphatic carbocycles. The quantitative estimate of drug-likeness (QED) is 0.730. The normalized spacial score (nSPS) is 20.8. The van der Waals surface area contributed by atoms with E-state index in [1.807, 2.05) is 0 Å². The molecular weight excluding hydrogens is 417 g/mol. The second-order valence-corrected chi connectivity index (χ2v) is 8.42. The van der Waals surface area contributed by atoms with Gasteiger partial charge in [-0.3, -0.25) is 9.59 Å². The lowest BCUT2D eigenvalue weighted by Crippen LogP contribution is -2.49. The maximum atomic E-state index is 13.6. The predicted molar refractivity (Wildman–Crippen MR) is 107 cm³/mol. The average Bonchev–Trinajstić information content (AvgIpc) is 3.25. The van der Waals surface area contributed by atoms with Gasteiger partial charge in [0.25, 0.3) is 5.91 Å². The number of carbonyl (C=O) groups is 2. The zero-order valence-electron chi connectivity index (χ0n) is 16.3. The van der Waals surface area contributed by atoms with Crippen molar-refractivity contribution in [2.75, 3.05) is 24.3 Å². The number of nitrogens with zero attached hydrogens (tertiary/aromatic N) is 2. The van der Waals surface area contributed by atoms with Crippen molar-refractivity contribution in [1.29, 1.82) is 0 Å². The van der Waals surface area contributed by atoms with Crippen LogP contribution in [0.1, 0.15) is 23.6 Å². The van der Waals surface area contributed by atoms with E-state index in [9.17, 15) is 22.8 Å². The minimum Gasteiger partial charge on any atom is -0.497 e. The molecule has 1 saturated heterocycles. The zero-order chi connectivity index (χ0) is 21.7. The van der Waals surface area contributed by atoms with Gasteiger partial charge >= 0.3 is 6.18 Å². The molecule has 30 heavy (non-hydrogen) atoms. The molecule has 158 valence electrons. The lowest BCUT2D eigenvalue weighted by molar-refractivity contribution is -0.138. The van der Waals surface area contributed by atoms with E-state index < -0.39 is 16.6 Å². The van der Waals surface area contributed by atoms with Crippen molar-refractivity contribution in [3.05, 3.63) is 59.2 Å². The predicted octanol–water partition coefficient (Wildman–Crippen LogP) is 4.01. The lowest BCUT2D eigenvalue weighted by atomic mass is 10.1. The van der Waals surface area contributed by atoms with Crippen molar-refractivity contribution in [1.82, 2.24) is 4.90 Å². The fourth-order valence-electron chi connectivity index (χ4n) is 3.99. The first-order valence-corrected chi connectivity index (χ1v) is 10.3. The number of hydrogen-bond acceptors (Lipinski definition) is 4. The molecule has 2 aromatic carbocycles. The first-order valence-electron chi connectivity index (χ1n) is 9.27. The molecule has 2 aliphatic heterocycles. The smallest absolute Gasteiger partial charge is 0.416 e. The van der Waals surface area contributed by atoms with Crippen molar-refractivity contribution < 1.29 is 27.5 Å². The summed E-state index contributed by atoms with van der Waals surface area (Å²) in [5, 5.41) is 0. The molecule has 0 aromatic heterocycles.